The molecule has 0 aliphatic carbocycles. The van der Waals surface area contributed by atoms with Crippen LogP contribution in [-0.2, 0) is 17.8 Å². The van der Waals surface area contributed by atoms with Crippen molar-refractivity contribution in [3.63, 3.8) is 0 Å². The SMILES string of the molecule is O=C(CCc1ncc(-c2c(F)cccc2F)o1)Nc1ccccc1Cn1cccn1. The van der Waals surface area contributed by atoms with Gasteiger partial charge in [0.1, 0.15) is 11.6 Å². The van der Waals surface area contributed by atoms with E-state index < -0.39 is 11.6 Å². The first-order chi connectivity index (χ1) is 14.6. The van der Waals surface area contributed by atoms with E-state index in [1.54, 1.807) is 10.9 Å². The van der Waals surface area contributed by atoms with Crippen LogP contribution in [0.4, 0.5) is 14.5 Å². The van der Waals surface area contributed by atoms with E-state index in [-0.39, 0.29) is 36.0 Å². The number of hydrogen-bond acceptors (Lipinski definition) is 4. The summed E-state index contributed by atoms with van der Waals surface area (Å²) >= 11 is 0. The van der Waals surface area contributed by atoms with Crippen molar-refractivity contribution in [1.82, 2.24) is 14.8 Å². The maximum atomic E-state index is 13.9. The first-order valence-corrected chi connectivity index (χ1v) is 9.34. The van der Waals surface area contributed by atoms with Gasteiger partial charge in [0.25, 0.3) is 0 Å². The smallest absolute Gasteiger partial charge is 0.224 e. The molecule has 2 heterocycles. The zero-order valence-corrected chi connectivity index (χ0v) is 15.9. The van der Waals surface area contributed by atoms with Crippen molar-refractivity contribution in [3.05, 3.63) is 90.2 Å². The average Bonchev–Trinajstić information content (AvgIpc) is 3.40. The molecule has 8 heteroatoms. The van der Waals surface area contributed by atoms with Crippen molar-refractivity contribution in [2.75, 3.05) is 5.32 Å². The number of rotatable bonds is 7. The van der Waals surface area contributed by atoms with E-state index in [0.717, 1.165) is 17.7 Å². The van der Waals surface area contributed by atoms with Crippen molar-refractivity contribution >= 4 is 11.6 Å². The zero-order chi connectivity index (χ0) is 20.9. The predicted octanol–water partition coefficient (Wildman–Crippen LogP) is 4.44. The Balaban J connectivity index is 1.39. The first kappa shape index (κ1) is 19.5. The highest BCUT2D eigenvalue weighted by Gasteiger charge is 2.16. The number of aryl methyl sites for hydroxylation is 1. The van der Waals surface area contributed by atoms with Crippen LogP contribution < -0.4 is 5.32 Å². The standard InChI is InChI=1S/C22H18F2N4O2/c23-16-6-3-7-17(24)22(16)19-13-25-21(30-19)10-9-20(29)27-18-8-2-1-5-15(18)14-28-12-4-11-26-28/h1-8,11-13H,9-10,14H2,(H,27,29). The van der Waals surface area contributed by atoms with Gasteiger partial charge in [-0.1, -0.05) is 24.3 Å². The second-order valence-electron chi connectivity index (χ2n) is 6.62. The van der Waals surface area contributed by atoms with Crippen molar-refractivity contribution in [2.45, 2.75) is 19.4 Å². The van der Waals surface area contributed by atoms with Gasteiger partial charge in [0.2, 0.25) is 5.91 Å². The molecule has 0 saturated heterocycles. The molecule has 1 amide bonds. The van der Waals surface area contributed by atoms with Crippen LogP contribution in [-0.4, -0.2) is 20.7 Å². The topological polar surface area (TPSA) is 73.0 Å². The number of benzene rings is 2. The third-order valence-electron chi connectivity index (χ3n) is 4.51. The molecule has 1 N–H and O–H groups in total. The minimum Gasteiger partial charge on any atom is -0.441 e. The summed E-state index contributed by atoms with van der Waals surface area (Å²) in [5.74, 6) is -1.47. The number of halogens is 2. The summed E-state index contributed by atoms with van der Waals surface area (Å²) in [5.41, 5.74) is 1.34. The number of hydrogen-bond donors (Lipinski definition) is 1. The summed E-state index contributed by atoms with van der Waals surface area (Å²) in [6.07, 6.45) is 5.10. The molecular weight excluding hydrogens is 390 g/mol. The summed E-state index contributed by atoms with van der Waals surface area (Å²) in [5, 5.41) is 7.06. The third kappa shape index (κ3) is 4.43. The molecule has 0 aliphatic heterocycles. The Labute approximate surface area is 171 Å². The molecule has 0 atom stereocenters. The van der Waals surface area contributed by atoms with E-state index >= 15 is 0 Å². The fourth-order valence-corrected chi connectivity index (χ4v) is 3.06. The molecule has 0 fully saturated rings. The normalized spacial score (nSPS) is 10.9. The van der Waals surface area contributed by atoms with Crippen LogP contribution in [0.3, 0.4) is 0 Å². The Kier molecular flexibility index (Phi) is 5.65. The summed E-state index contributed by atoms with van der Waals surface area (Å²) < 4.78 is 35.0. The summed E-state index contributed by atoms with van der Waals surface area (Å²) in [4.78, 5) is 16.4. The summed E-state index contributed by atoms with van der Waals surface area (Å²) in [6.45, 7) is 0.529. The first-order valence-electron chi connectivity index (χ1n) is 9.34. The number of carbonyl (C=O) groups is 1. The van der Waals surface area contributed by atoms with E-state index in [0.29, 0.717) is 12.2 Å². The quantitative estimate of drug-likeness (QED) is 0.491. The van der Waals surface area contributed by atoms with Gasteiger partial charge in [-0.15, -0.1) is 0 Å². The van der Waals surface area contributed by atoms with Gasteiger partial charge in [-0.05, 0) is 29.8 Å². The van der Waals surface area contributed by atoms with Crippen LogP contribution in [0.2, 0.25) is 0 Å². The number of nitrogens with one attached hydrogen (secondary N) is 1. The molecule has 2 aromatic carbocycles. The van der Waals surface area contributed by atoms with Gasteiger partial charge in [-0.25, -0.2) is 13.8 Å². The lowest BCUT2D eigenvalue weighted by atomic mass is 10.1. The fourth-order valence-electron chi connectivity index (χ4n) is 3.06. The molecule has 6 nitrogen and oxygen atoms in total. The van der Waals surface area contributed by atoms with Gasteiger partial charge < -0.3 is 9.73 Å². The Morgan fingerprint density at radius 2 is 1.87 bits per heavy atom. The minimum atomic E-state index is -0.732. The summed E-state index contributed by atoms with van der Waals surface area (Å²) in [7, 11) is 0. The number of nitrogens with zero attached hydrogens (tertiary/aromatic N) is 3. The largest absolute Gasteiger partial charge is 0.441 e. The average molecular weight is 408 g/mol. The molecule has 0 spiro atoms. The number of aromatic nitrogens is 3. The minimum absolute atomic E-state index is 0.00873. The van der Waals surface area contributed by atoms with Crippen LogP contribution in [0, 0.1) is 11.6 Å². The monoisotopic (exact) mass is 408 g/mol. The van der Waals surface area contributed by atoms with Gasteiger partial charge in [-0.2, -0.15) is 5.10 Å². The van der Waals surface area contributed by atoms with E-state index in [1.807, 2.05) is 36.5 Å². The molecule has 0 saturated carbocycles. The molecule has 0 radical (unpaired) electrons. The molecule has 0 bridgehead atoms. The lowest BCUT2D eigenvalue weighted by Crippen LogP contribution is -2.14. The molecule has 4 rings (SSSR count). The number of anilines is 1. The number of carbonyl (C=O) groups excluding carboxylic acids is 1. The molecule has 0 aliphatic rings. The fraction of sp³-hybridized carbons (Fsp3) is 0.136. The molecule has 0 unspecified atom stereocenters. The van der Waals surface area contributed by atoms with Crippen LogP contribution >= 0.6 is 0 Å². The van der Waals surface area contributed by atoms with Crippen LogP contribution in [0.25, 0.3) is 11.3 Å². The van der Waals surface area contributed by atoms with Crippen LogP contribution in [0.1, 0.15) is 17.9 Å². The van der Waals surface area contributed by atoms with E-state index in [1.165, 1.54) is 12.3 Å². The van der Waals surface area contributed by atoms with Gasteiger partial charge in [0.05, 0.1) is 18.3 Å². The van der Waals surface area contributed by atoms with Crippen molar-refractivity contribution in [2.24, 2.45) is 0 Å². The Bertz CT molecular complexity index is 1140. The Morgan fingerprint density at radius 3 is 2.63 bits per heavy atom. The lowest BCUT2D eigenvalue weighted by Gasteiger charge is -2.11. The maximum absolute atomic E-state index is 13.9. The van der Waals surface area contributed by atoms with Crippen LogP contribution in [0.15, 0.2) is 71.5 Å². The van der Waals surface area contributed by atoms with Crippen molar-refractivity contribution in [1.29, 1.82) is 0 Å². The predicted molar refractivity (Wildman–Crippen MR) is 107 cm³/mol. The highest BCUT2D eigenvalue weighted by atomic mass is 19.1. The second-order valence-corrected chi connectivity index (χ2v) is 6.62. The van der Waals surface area contributed by atoms with E-state index in [9.17, 15) is 13.6 Å². The van der Waals surface area contributed by atoms with Crippen molar-refractivity contribution < 1.29 is 18.0 Å². The Morgan fingerprint density at radius 1 is 1.07 bits per heavy atom. The third-order valence-corrected chi connectivity index (χ3v) is 4.51. The molecule has 30 heavy (non-hydrogen) atoms. The molecule has 2 aromatic heterocycles. The van der Waals surface area contributed by atoms with Gasteiger partial charge in [0.15, 0.2) is 11.7 Å². The highest BCUT2D eigenvalue weighted by molar-refractivity contribution is 5.91. The van der Waals surface area contributed by atoms with Crippen LogP contribution in [0.5, 0.6) is 0 Å². The van der Waals surface area contributed by atoms with Gasteiger partial charge in [-0.3, -0.25) is 9.48 Å². The van der Waals surface area contributed by atoms with Crippen molar-refractivity contribution in [3.8, 4) is 11.3 Å². The zero-order valence-electron chi connectivity index (χ0n) is 15.9. The summed E-state index contributed by atoms with van der Waals surface area (Å²) in [6, 6.07) is 12.9. The molecule has 152 valence electrons. The van der Waals surface area contributed by atoms with E-state index in [4.69, 9.17) is 4.42 Å². The lowest BCUT2D eigenvalue weighted by molar-refractivity contribution is -0.116. The van der Waals surface area contributed by atoms with Gasteiger partial charge in [0, 0.05) is 30.9 Å². The highest BCUT2D eigenvalue weighted by Crippen LogP contribution is 2.27. The maximum Gasteiger partial charge on any atom is 0.224 e. The number of oxazole rings is 1. The number of amides is 1. The Hall–Kier alpha value is -3.81. The molecular formula is C22H18F2N4O2. The second kappa shape index (κ2) is 8.69. The van der Waals surface area contributed by atoms with Gasteiger partial charge >= 0.3 is 0 Å². The number of para-hydroxylation sites is 1. The van der Waals surface area contributed by atoms with E-state index in [2.05, 4.69) is 15.4 Å². The molecule has 4 aromatic rings.